The van der Waals surface area contributed by atoms with Gasteiger partial charge >= 0.3 is 11.9 Å². The van der Waals surface area contributed by atoms with Gasteiger partial charge in [0.1, 0.15) is 6.10 Å². The Bertz CT molecular complexity index is 1030. The van der Waals surface area contributed by atoms with Gasteiger partial charge in [-0.25, -0.2) is 4.79 Å². The van der Waals surface area contributed by atoms with Crippen LogP contribution in [-0.2, 0) is 23.9 Å². The van der Waals surface area contributed by atoms with E-state index in [0.29, 0.717) is 17.6 Å². The number of Topliss-reactive ketones (excluding diaryl/α,β-unsaturated/α-hetero) is 1. The Balaban J connectivity index is 1.91. The fraction of sp³-hybridized carbons (Fsp3) is 0.667. The Kier molecular flexibility index (Phi) is 5.77. The van der Waals surface area contributed by atoms with Gasteiger partial charge in [-0.2, -0.15) is 0 Å². The maximum atomic E-state index is 13.0. The first-order valence-electron chi connectivity index (χ1n) is 12.0. The topological polar surface area (TPSA) is 110 Å². The fourth-order valence-electron chi connectivity index (χ4n) is 7.39. The third kappa shape index (κ3) is 3.19. The summed E-state index contributed by atoms with van der Waals surface area (Å²) >= 11 is 0. The highest BCUT2D eigenvalue weighted by molar-refractivity contribution is 6.00. The number of ether oxygens (including phenoxy) is 2. The molecule has 8 atom stereocenters. The van der Waals surface area contributed by atoms with Crippen molar-refractivity contribution in [1.29, 1.82) is 0 Å². The predicted molar refractivity (Wildman–Crippen MR) is 124 cm³/mol. The minimum absolute atomic E-state index is 0.0319. The zero-order chi connectivity index (χ0) is 25.4. The van der Waals surface area contributed by atoms with Crippen LogP contribution >= 0.6 is 0 Å². The molecule has 0 unspecified atom stereocenters. The van der Waals surface area contributed by atoms with E-state index in [9.17, 15) is 24.6 Å². The molecule has 0 aromatic carbocycles. The lowest BCUT2D eigenvalue weighted by Crippen LogP contribution is -2.63. The van der Waals surface area contributed by atoms with Gasteiger partial charge in [0.15, 0.2) is 11.4 Å². The molecule has 2 fully saturated rings. The standard InChI is InChI=1S/C27H36O7/c1-13(2)8-21(30)33-24-15(4)26(32)19-9-14(3)22(31)18(19)10-17(12-28)11-20(26)23-25(6,7)27(23,24)34-16(5)29/h8-9,11,15,18-20,23-24,28,32H,10,12H2,1-7H3/t15-,18-,19-,20+,23-,24-,26+,27-/m1/s1. The molecule has 34 heavy (non-hydrogen) atoms. The lowest BCUT2D eigenvalue weighted by molar-refractivity contribution is -0.217. The number of aliphatic hydroxyl groups is 2. The van der Waals surface area contributed by atoms with Crippen LogP contribution in [-0.4, -0.2) is 51.8 Å². The Hall–Kier alpha value is -2.25. The predicted octanol–water partition coefficient (Wildman–Crippen LogP) is 2.90. The largest absolute Gasteiger partial charge is 0.455 e. The first-order valence-corrected chi connectivity index (χ1v) is 12.0. The summed E-state index contributed by atoms with van der Waals surface area (Å²) in [6.07, 6.45) is 4.56. The number of ketones is 1. The van der Waals surface area contributed by atoms with Crippen molar-refractivity contribution in [3.8, 4) is 0 Å². The fourth-order valence-corrected chi connectivity index (χ4v) is 7.39. The van der Waals surface area contributed by atoms with Crippen LogP contribution < -0.4 is 0 Å². The van der Waals surface area contributed by atoms with E-state index in [2.05, 4.69) is 0 Å². The van der Waals surface area contributed by atoms with E-state index in [1.807, 2.05) is 32.9 Å². The van der Waals surface area contributed by atoms with Crippen molar-refractivity contribution >= 4 is 17.7 Å². The minimum Gasteiger partial charge on any atom is -0.455 e. The van der Waals surface area contributed by atoms with Crippen molar-refractivity contribution in [3.05, 3.63) is 34.9 Å². The second-order valence-electron chi connectivity index (χ2n) is 11.4. The van der Waals surface area contributed by atoms with Gasteiger partial charge in [-0.3, -0.25) is 9.59 Å². The molecule has 4 rings (SSSR count). The van der Waals surface area contributed by atoms with Crippen LogP contribution in [0.3, 0.4) is 0 Å². The zero-order valence-electron chi connectivity index (χ0n) is 21.0. The Labute approximate surface area is 200 Å². The molecule has 0 spiro atoms. The third-order valence-electron chi connectivity index (χ3n) is 8.85. The molecule has 0 heterocycles. The zero-order valence-corrected chi connectivity index (χ0v) is 21.0. The molecule has 4 aliphatic rings. The molecular formula is C27H36O7. The second kappa shape index (κ2) is 7.89. The molecular weight excluding hydrogens is 436 g/mol. The summed E-state index contributed by atoms with van der Waals surface area (Å²) in [7, 11) is 0. The minimum atomic E-state index is -1.44. The van der Waals surface area contributed by atoms with Crippen LogP contribution in [0.15, 0.2) is 34.9 Å². The van der Waals surface area contributed by atoms with E-state index in [1.165, 1.54) is 13.0 Å². The summed E-state index contributed by atoms with van der Waals surface area (Å²) in [4.78, 5) is 38.1. The molecule has 0 amide bonds. The molecule has 2 N–H and O–H groups in total. The second-order valence-corrected chi connectivity index (χ2v) is 11.4. The van der Waals surface area contributed by atoms with E-state index < -0.39 is 58.3 Å². The van der Waals surface area contributed by atoms with Crippen LogP contribution in [0.5, 0.6) is 0 Å². The quantitative estimate of drug-likeness (QED) is 0.368. The molecule has 2 saturated carbocycles. The number of hydrogen-bond acceptors (Lipinski definition) is 7. The number of fused-ring (bicyclic) bond motifs is 5. The maximum absolute atomic E-state index is 13.0. The SMILES string of the molecule is CC(=O)O[C@@]12[C@H](OC(=O)C=C(C)C)[C@@H](C)[C@]3(O)[C@@H]4C=C(C)C(=O)[C@@H]4CC(CO)=C[C@H]3[C@@H]1C2(C)C. The molecule has 0 saturated heterocycles. The van der Waals surface area contributed by atoms with Crippen LogP contribution in [0.2, 0.25) is 0 Å². The first-order chi connectivity index (χ1) is 15.7. The van der Waals surface area contributed by atoms with Crippen molar-refractivity contribution < 1.29 is 34.1 Å². The number of carbonyl (C=O) groups is 3. The molecule has 0 radical (unpaired) electrons. The van der Waals surface area contributed by atoms with Crippen molar-refractivity contribution in [2.24, 2.45) is 35.0 Å². The van der Waals surface area contributed by atoms with Crippen molar-refractivity contribution in [1.82, 2.24) is 0 Å². The van der Waals surface area contributed by atoms with E-state index in [4.69, 9.17) is 9.47 Å². The third-order valence-corrected chi connectivity index (χ3v) is 8.85. The van der Waals surface area contributed by atoms with Gasteiger partial charge in [-0.1, -0.05) is 38.5 Å². The van der Waals surface area contributed by atoms with Crippen molar-refractivity contribution in [2.75, 3.05) is 6.61 Å². The van der Waals surface area contributed by atoms with E-state index >= 15 is 0 Å². The number of rotatable bonds is 4. The van der Waals surface area contributed by atoms with Gasteiger partial charge in [-0.05, 0) is 38.3 Å². The van der Waals surface area contributed by atoms with Gasteiger partial charge in [0.05, 0.1) is 12.2 Å². The van der Waals surface area contributed by atoms with Gasteiger partial charge in [0.2, 0.25) is 0 Å². The Morgan fingerprint density at radius 1 is 1.18 bits per heavy atom. The van der Waals surface area contributed by atoms with Crippen molar-refractivity contribution in [2.45, 2.75) is 72.2 Å². The number of allylic oxidation sites excluding steroid dienone is 2. The van der Waals surface area contributed by atoms with Crippen LogP contribution in [0.1, 0.15) is 54.9 Å². The number of aliphatic hydroxyl groups excluding tert-OH is 1. The summed E-state index contributed by atoms with van der Waals surface area (Å²) < 4.78 is 12.0. The van der Waals surface area contributed by atoms with Crippen LogP contribution in [0.4, 0.5) is 0 Å². The van der Waals surface area contributed by atoms with Crippen molar-refractivity contribution in [3.63, 3.8) is 0 Å². The lowest BCUT2D eigenvalue weighted by atomic mass is 9.60. The molecule has 0 bridgehead atoms. The maximum Gasteiger partial charge on any atom is 0.331 e. The first kappa shape index (κ1) is 24.9. The molecule has 7 nitrogen and oxygen atoms in total. The molecule has 0 aromatic rings. The molecule has 0 aliphatic heterocycles. The van der Waals surface area contributed by atoms with Gasteiger partial charge in [0, 0.05) is 48.0 Å². The van der Waals surface area contributed by atoms with E-state index in [-0.39, 0.29) is 18.3 Å². The average Bonchev–Trinajstić information content (AvgIpc) is 3.11. The molecule has 0 aromatic heterocycles. The number of carbonyl (C=O) groups excluding carboxylic acids is 3. The van der Waals surface area contributed by atoms with Crippen LogP contribution in [0.25, 0.3) is 0 Å². The van der Waals surface area contributed by atoms with Crippen LogP contribution in [0, 0.1) is 35.0 Å². The lowest BCUT2D eigenvalue weighted by Gasteiger charge is -2.52. The Morgan fingerprint density at radius 3 is 2.38 bits per heavy atom. The summed E-state index contributed by atoms with van der Waals surface area (Å²) in [5, 5.41) is 22.6. The average molecular weight is 473 g/mol. The highest BCUT2D eigenvalue weighted by Crippen LogP contribution is 2.76. The summed E-state index contributed by atoms with van der Waals surface area (Å²) in [5.74, 6) is -3.58. The highest BCUT2D eigenvalue weighted by Gasteiger charge is 2.87. The van der Waals surface area contributed by atoms with Gasteiger partial charge in [-0.15, -0.1) is 0 Å². The smallest absolute Gasteiger partial charge is 0.331 e. The summed E-state index contributed by atoms with van der Waals surface area (Å²) in [6, 6.07) is 0. The highest BCUT2D eigenvalue weighted by atomic mass is 16.6. The Morgan fingerprint density at radius 2 is 1.82 bits per heavy atom. The number of hydrogen-bond donors (Lipinski definition) is 2. The summed E-state index contributed by atoms with van der Waals surface area (Å²) in [6.45, 7) is 12.2. The summed E-state index contributed by atoms with van der Waals surface area (Å²) in [5.41, 5.74) is -1.12. The van der Waals surface area contributed by atoms with Gasteiger partial charge in [0.25, 0.3) is 0 Å². The molecule has 4 aliphatic carbocycles. The number of esters is 2. The molecule has 7 heteroatoms. The normalized spacial score (nSPS) is 41.6. The monoisotopic (exact) mass is 472 g/mol. The molecule has 186 valence electrons. The van der Waals surface area contributed by atoms with Gasteiger partial charge < -0.3 is 19.7 Å². The van der Waals surface area contributed by atoms with E-state index in [0.717, 1.165) is 5.57 Å². The van der Waals surface area contributed by atoms with E-state index in [1.54, 1.807) is 20.8 Å².